The summed E-state index contributed by atoms with van der Waals surface area (Å²) in [5.74, 6) is 0.144. The Hall–Kier alpha value is -1.67. The maximum atomic E-state index is 13.3. The minimum Gasteiger partial charge on any atom is -0.326 e. The number of nitrogens with zero attached hydrogens (tertiary/aromatic N) is 1. The molecule has 1 unspecified atom stereocenters. The summed E-state index contributed by atoms with van der Waals surface area (Å²) in [6.45, 7) is 3.33. The minimum atomic E-state index is -3.59. The number of hydrogen-bond donors (Lipinski definition) is 2. The van der Waals surface area contributed by atoms with Crippen LogP contribution < -0.4 is 10.6 Å². The van der Waals surface area contributed by atoms with Gasteiger partial charge in [0.15, 0.2) is 0 Å². The van der Waals surface area contributed by atoms with E-state index in [0.29, 0.717) is 35.0 Å². The summed E-state index contributed by atoms with van der Waals surface area (Å²) in [5, 5.41) is 7.28. The Morgan fingerprint density at radius 2 is 1.89 bits per heavy atom. The van der Waals surface area contributed by atoms with Crippen molar-refractivity contribution >= 4 is 44.8 Å². The number of rotatable bonds is 5. The van der Waals surface area contributed by atoms with Crippen molar-refractivity contribution in [1.29, 1.82) is 0 Å². The number of carbonyl (C=O) groups is 1. The highest BCUT2D eigenvalue weighted by molar-refractivity contribution is 7.89. The number of hydrogen-bond acceptors (Lipinski definition) is 4. The van der Waals surface area contributed by atoms with Gasteiger partial charge in [-0.2, -0.15) is 4.31 Å². The number of nitrogens with one attached hydrogen (secondary N) is 2. The quantitative estimate of drug-likeness (QED) is 0.792. The Morgan fingerprint density at radius 3 is 2.56 bits per heavy atom. The summed E-state index contributed by atoms with van der Waals surface area (Å²) in [7, 11) is -1.70. The summed E-state index contributed by atoms with van der Waals surface area (Å²) in [4.78, 5) is 11.7. The van der Waals surface area contributed by atoms with Gasteiger partial charge in [0.25, 0.3) is 0 Å². The molecule has 6 nitrogen and oxygen atoms in total. The van der Waals surface area contributed by atoms with Crippen molar-refractivity contribution in [3.8, 4) is 0 Å². The average molecular weight is 412 g/mol. The molecule has 2 aromatic rings. The maximum Gasteiger partial charge on any atom is 0.243 e. The number of fused-ring (bicyclic) bond motifs is 1. The Bertz CT molecular complexity index is 916. The van der Waals surface area contributed by atoms with Gasteiger partial charge in [-0.05, 0) is 44.5 Å². The summed E-state index contributed by atoms with van der Waals surface area (Å²) < 4.78 is 28.2. The van der Waals surface area contributed by atoms with Gasteiger partial charge in [-0.15, -0.1) is 12.4 Å². The van der Waals surface area contributed by atoms with Crippen LogP contribution in [0.15, 0.2) is 41.3 Å². The van der Waals surface area contributed by atoms with Gasteiger partial charge in [0.05, 0.1) is 4.90 Å². The van der Waals surface area contributed by atoms with Crippen LogP contribution in [0.25, 0.3) is 10.8 Å². The number of benzene rings is 2. The predicted molar refractivity (Wildman–Crippen MR) is 111 cm³/mol. The second-order valence-corrected chi connectivity index (χ2v) is 8.67. The van der Waals surface area contributed by atoms with E-state index < -0.39 is 10.0 Å². The fourth-order valence-corrected chi connectivity index (χ4v) is 5.39. The normalized spacial score (nSPS) is 18.1. The second-order valence-electron chi connectivity index (χ2n) is 6.77. The molecule has 0 saturated carbocycles. The highest BCUT2D eigenvalue weighted by atomic mass is 35.5. The van der Waals surface area contributed by atoms with Crippen LogP contribution in [-0.4, -0.2) is 45.3 Å². The summed E-state index contributed by atoms with van der Waals surface area (Å²) >= 11 is 0. The van der Waals surface area contributed by atoms with E-state index in [1.807, 2.05) is 25.2 Å². The van der Waals surface area contributed by atoms with Crippen LogP contribution >= 0.6 is 12.4 Å². The summed E-state index contributed by atoms with van der Waals surface area (Å²) in [6.07, 6.45) is 1.91. The first-order valence-corrected chi connectivity index (χ1v) is 10.3. The molecule has 2 N–H and O–H groups in total. The lowest BCUT2D eigenvalue weighted by atomic mass is 10.00. The van der Waals surface area contributed by atoms with E-state index in [4.69, 9.17) is 0 Å². The van der Waals surface area contributed by atoms with Crippen molar-refractivity contribution in [3.05, 3.63) is 36.4 Å². The third-order valence-corrected chi connectivity index (χ3v) is 6.71. The largest absolute Gasteiger partial charge is 0.326 e. The molecular formula is C19H26ClN3O3S. The van der Waals surface area contributed by atoms with Crippen LogP contribution in [0.4, 0.5) is 5.69 Å². The molecular weight excluding hydrogens is 386 g/mol. The molecule has 8 heteroatoms. The van der Waals surface area contributed by atoms with Gasteiger partial charge in [-0.3, -0.25) is 4.79 Å². The van der Waals surface area contributed by atoms with Gasteiger partial charge in [0, 0.05) is 36.5 Å². The van der Waals surface area contributed by atoms with Gasteiger partial charge in [-0.25, -0.2) is 8.42 Å². The van der Waals surface area contributed by atoms with Crippen molar-refractivity contribution in [3.63, 3.8) is 0 Å². The number of amides is 1. The van der Waals surface area contributed by atoms with Crippen molar-refractivity contribution in [2.24, 2.45) is 5.92 Å². The Balaban J connectivity index is 0.00000261. The van der Waals surface area contributed by atoms with E-state index in [1.165, 1.54) is 6.92 Å². The van der Waals surface area contributed by atoms with Crippen molar-refractivity contribution in [2.75, 3.05) is 32.0 Å². The van der Waals surface area contributed by atoms with Crippen LogP contribution in [0, 0.1) is 5.92 Å². The second kappa shape index (κ2) is 9.01. The zero-order valence-corrected chi connectivity index (χ0v) is 17.2. The summed E-state index contributed by atoms with van der Waals surface area (Å²) in [5.41, 5.74) is 0.624. The molecule has 1 heterocycles. The topological polar surface area (TPSA) is 78.5 Å². The molecule has 1 atom stereocenters. The molecule has 1 aliphatic rings. The van der Waals surface area contributed by atoms with Crippen LogP contribution in [0.2, 0.25) is 0 Å². The lowest BCUT2D eigenvalue weighted by Crippen LogP contribution is -2.42. The molecule has 1 amide bonds. The monoisotopic (exact) mass is 411 g/mol. The van der Waals surface area contributed by atoms with Gasteiger partial charge >= 0.3 is 0 Å². The Morgan fingerprint density at radius 1 is 1.19 bits per heavy atom. The highest BCUT2D eigenvalue weighted by Gasteiger charge is 2.31. The maximum absolute atomic E-state index is 13.3. The van der Waals surface area contributed by atoms with Gasteiger partial charge < -0.3 is 10.6 Å². The van der Waals surface area contributed by atoms with Crippen LogP contribution in [0.1, 0.15) is 19.8 Å². The minimum absolute atomic E-state index is 0. The fourth-order valence-electron chi connectivity index (χ4n) is 3.63. The number of sulfonamides is 1. The molecule has 0 aliphatic carbocycles. The average Bonchev–Trinajstić information content (AvgIpc) is 2.62. The van der Waals surface area contributed by atoms with Crippen molar-refractivity contribution < 1.29 is 13.2 Å². The van der Waals surface area contributed by atoms with E-state index in [9.17, 15) is 13.2 Å². The molecule has 0 bridgehead atoms. The zero-order valence-electron chi connectivity index (χ0n) is 15.6. The molecule has 27 heavy (non-hydrogen) atoms. The third kappa shape index (κ3) is 4.60. The standard InChI is InChI=1S/C19H25N3O3S.ClH/c1-14(23)21-18-9-10-19(17-8-4-3-7-16(17)18)26(24,25)22-11-5-6-15(13-22)12-20-2;/h3-4,7-10,15,20H,5-6,11-13H2,1-2H3,(H,21,23);1H. The predicted octanol–water partition coefficient (Wildman–Crippen LogP) is 2.84. The molecule has 1 aliphatic heterocycles. The van der Waals surface area contributed by atoms with Gasteiger partial charge in [-0.1, -0.05) is 24.3 Å². The molecule has 2 aromatic carbocycles. The molecule has 3 rings (SSSR count). The first-order valence-electron chi connectivity index (χ1n) is 8.87. The van der Waals surface area contributed by atoms with E-state index in [-0.39, 0.29) is 18.3 Å². The lowest BCUT2D eigenvalue weighted by Gasteiger charge is -2.32. The number of halogens is 1. The molecule has 0 radical (unpaired) electrons. The van der Waals surface area contributed by atoms with Crippen LogP contribution in [0.3, 0.4) is 0 Å². The number of carbonyl (C=O) groups excluding carboxylic acids is 1. The van der Waals surface area contributed by atoms with E-state index >= 15 is 0 Å². The molecule has 1 fully saturated rings. The summed E-state index contributed by atoms with van der Waals surface area (Å²) in [6, 6.07) is 10.6. The number of anilines is 1. The van der Waals surface area contributed by atoms with E-state index in [0.717, 1.165) is 24.8 Å². The molecule has 1 saturated heterocycles. The Labute approximate surface area is 166 Å². The molecule has 148 valence electrons. The number of piperidine rings is 1. The van der Waals surface area contributed by atoms with Crippen molar-refractivity contribution in [1.82, 2.24) is 9.62 Å². The lowest BCUT2D eigenvalue weighted by molar-refractivity contribution is -0.114. The first kappa shape index (κ1) is 21.6. The van der Waals surface area contributed by atoms with Crippen LogP contribution in [0.5, 0.6) is 0 Å². The smallest absolute Gasteiger partial charge is 0.243 e. The van der Waals surface area contributed by atoms with Gasteiger partial charge in [0.2, 0.25) is 15.9 Å². The molecule has 0 aromatic heterocycles. The van der Waals surface area contributed by atoms with E-state index in [2.05, 4.69) is 10.6 Å². The van der Waals surface area contributed by atoms with Gasteiger partial charge in [0.1, 0.15) is 0 Å². The fraction of sp³-hybridized carbons (Fsp3) is 0.421. The third-order valence-electron chi connectivity index (χ3n) is 4.79. The van der Waals surface area contributed by atoms with Crippen molar-refractivity contribution in [2.45, 2.75) is 24.7 Å². The zero-order chi connectivity index (χ0) is 18.7. The molecule has 0 spiro atoms. The SMILES string of the molecule is CNCC1CCCN(S(=O)(=O)c2ccc(NC(C)=O)c3ccccc23)C1.Cl. The van der Waals surface area contributed by atoms with Crippen LogP contribution in [-0.2, 0) is 14.8 Å². The first-order chi connectivity index (χ1) is 12.4. The highest BCUT2D eigenvalue weighted by Crippen LogP contribution is 2.32. The Kier molecular flexibility index (Phi) is 7.22. The van der Waals surface area contributed by atoms with E-state index in [1.54, 1.807) is 22.5 Å².